The highest BCUT2D eigenvalue weighted by Gasteiger charge is 2.69. The number of piperidine rings is 1. The van der Waals surface area contributed by atoms with Crippen molar-refractivity contribution in [2.24, 2.45) is 17.6 Å². The Morgan fingerprint density at radius 1 is 1.14 bits per heavy atom. The fourth-order valence-corrected chi connectivity index (χ4v) is 7.70. The Morgan fingerprint density at radius 2 is 2.00 bits per heavy atom. The van der Waals surface area contributed by atoms with Crippen molar-refractivity contribution in [3.8, 4) is 5.82 Å². The van der Waals surface area contributed by atoms with Gasteiger partial charge in [-0.1, -0.05) is 23.4 Å². The lowest BCUT2D eigenvalue weighted by molar-refractivity contribution is 0.549. The molecule has 1 saturated carbocycles. The van der Waals surface area contributed by atoms with Crippen molar-refractivity contribution in [3.63, 3.8) is 0 Å². The number of anilines is 1. The van der Waals surface area contributed by atoms with Crippen LogP contribution in [0.2, 0.25) is 5.02 Å². The monoisotopic (exact) mass is 547 g/mol. The summed E-state index contributed by atoms with van der Waals surface area (Å²) in [4.78, 5) is 26.5. The van der Waals surface area contributed by atoms with E-state index in [4.69, 9.17) is 32.3 Å². The molecular formula is C25H22ClN9S2. The number of aromatic nitrogens is 7. The van der Waals surface area contributed by atoms with E-state index in [1.54, 1.807) is 28.4 Å². The molecule has 186 valence electrons. The molecule has 5 aromatic rings. The third kappa shape index (κ3) is 3.71. The van der Waals surface area contributed by atoms with Gasteiger partial charge in [-0.2, -0.15) is 5.10 Å². The second kappa shape index (κ2) is 8.73. The average Bonchev–Trinajstić information content (AvgIpc) is 3.48. The van der Waals surface area contributed by atoms with Crippen LogP contribution in [0.5, 0.6) is 0 Å². The van der Waals surface area contributed by atoms with Gasteiger partial charge in [-0.3, -0.25) is 0 Å². The maximum atomic E-state index is 6.63. The molecular weight excluding hydrogens is 526 g/mol. The number of hydrogen-bond acceptors (Lipinski definition) is 10. The first-order valence-electron chi connectivity index (χ1n) is 11.9. The van der Waals surface area contributed by atoms with Crippen LogP contribution in [0.3, 0.4) is 0 Å². The van der Waals surface area contributed by atoms with Crippen molar-refractivity contribution < 1.29 is 0 Å². The lowest BCUT2D eigenvalue weighted by Crippen LogP contribution is -2.35. The van der Waals surface area contributed by atoms with Crippen molar-refractivity contribution in [3.05, 3.63) is 70.2 Å². The van der Waals surface area contributed by atoms with Gasteiger partial charge in [0.25, 0.3) is 0 Å². The van der Waals surface area contributed by atoms with Crippen molar-refractivity contribution in [1.29, 1.82) is 0 Å². The molecule has 0 aromatic carbocycles. The van der Waals surface area contributed by atoms with E-state index in [9.17, 15) is 0 Å². The molecule has 1 saturated heterocycles. The molecule has 37 heavy (non-hydrogen) atoms. The quantitative estimate of drug-likeness (QED) is 0.335. The van der Waals surface area contributed by atoms with Gasteiger partial charge in [-0.05, 0) is 43.0 Å². The number of rotatable bonds is 6. The summed E-state index contributed by atoms with van der Waals surface area (Å²) < 4.78 is 1.64. The van der Waals surface area contributed by atoms with Crippen LogP contribution in [0.4, 0.5) is 5.82 Å². The highest BCUT2D eigenvalue weighted by Crippen LogP contribution is 2.63. The van der Waals surface area contributed by atoms with E-state index in [0.29, 0.717) is 34.9 Å². The topological polar surface area (TPSA) is 112 Å². The highest BCUT2D eigenvalue weighted by molar-refractivity contribution is 7.99. The fourth-order valence-electron chi connectivity index (χ4n) is 5.44. The first kappa shape index (κ1) is 23.0. The molecule has 1 aliphatic carbocycles. The van der Waals surface area contributed by atoms with Crippen molar-refractivity contribution >= 4 is 51.7 Å². The Hall–Kier alpha value is -3.12. The molecule has 1 unspecified atom stereocenters. The molecule has 3 atom stereocenters. The Kier molecular flexibility index (Phi) is 5.43. The zero-order chi connectivity index (χ0) is 25.1. The average molecular weight is 548 g/mol. The van der Waals surface area contributed by atoms with Crippen LogP contribution in [0.1, 0.15) is 10.7 Å². The number of fused-ring (bicyclic) bond motifs is 2. The molecule has 12 heteroatoms. The summed E-state index contributed by atoms with van der Waals surface area (Å²) in [5, 5.41) is 8.84. The van der Waals surface area contributed by atoms with Crippen LogP contribution in [-0.2, 0) is 5.41 Å². The fraction of sp³-hybridized carbons (Fsp3) is 0.280. The lowest BCUT2D eigenvalue weighted by Gasteiger charge is -2.25. The Morgan fingerprint density at radius 3 is 2.73 bits per heavy atom. The Bertz CT molecular complexity index is 1610. The number of halogens is 1. The molecule has 0 spiro atoms. The summed E-state index contributed by atoms with van der Waals surface area (Å²) in [7, 11) is 0. The van der Waals surface area contributed by atoms with E-state index in [2.05, 4.69) is 25.3 Å². The molecule has 2 fully saturated rings. The smallest absolute Gasteiger partial charge is 0.179 e. The Balaban J connectivity index is 1.09. The van der Waals surface area contributed by atoms with Crippen LogP contribution < -0.4 is 10.6 Å². The van der Waals surface area contributed by atoms with Gasteiger partial charge in [0.2, 0.25) is 0 Å². The molecule has 6 heterocycles. The van der Waals surface area contributed by atoms with Gasteiger partial charge in [0.05, 0.1) is 11.2 Å². The van der Waals surface area contributed by atoms with Crippen LogP contribution in [0.15, 0.2) is 64.4 Å². The minimum atomic E-state index is 0.0267. The second-order valence-electron chi connectivity index (χ2n) is 9.38. The lowest BCUT2D eigenvalue weighted by atomic mass is 10.0. The first-order valence-corrected chi connectivity index (χ1v) is 14.0. The minimum absolute atomic E-state index is 0.0267. The largest absolute Gasteiger partial charge is 0.355 e. The van der Waals surface area contributed by atoms with Gasteiger partial charge in [0.1, 0.15) is 21.4 Å². The molecule has 2 N–H and O–H groups in total. The molecule has 0 bridgehead atoms. The predicted molar refractivity (Wildman–Crippen MR) is 145 cm³/mol. The van der Waals surface area contributed by atoms with Crippen LogP contribution >= 0.6 is 34.7 Å². The third-order valence-electron chi connectivity index (χ3n) is 7.35. The molecule has 7 rings (SSSR count). The second-order valence-corrected chi connectivity index (χ2v) is 11.7. The first-order chi connectivity index (χ1) is 18.1. The van der Waals surface area contributed by atoms with Crippen LogP contribution in [0.25, 0.3) is 17.0 Å². The van der Waals surface area contributed by atoms with E-state index in [-0.39, 0.29) is 5.41 Å². The van der Waals surface area contributed by atoms with Crippen molar-refractivity contribution in [2.75, 3.05) is 24.5 Å². The summed E-state index contributed by atoms with van der Waals surface area (Å²) in [6.07, 6.45) is 7.04. The summed E-state index contributed by atoms with van der Waals surface area (Å²) in [5.74, 6) is 2.47. The zero-order valence-electron chi connectivity index (χ0n) is 19.8. The van der Waals surface area contributed by atoms with Gasteiger partial charge < -0.3 is 10.6 Å². The van der Waals surface area contributed by atoms with E-state index in [1.165, 1.54) is 16.8 Å². The van der Waals surface area contributed by atoms with E-state index >= 15 is 0 Å². The van der Waals surface area contributed by atoms with Gasteiger partial charge in [-0.25, -0.2) is 29.6 Å². The summed E-state index contributed by atoms with van der Waals surface area (Å²) >= 11 is 9.83. The highest BCUT2D eigenvalue weighted by atomic mass is 35.5. The number of nitrogens with zero attached hydrogens (tertiary/aromatic N) is 8. The standard InChI is InChI=1S/C25H22ClN9S2/c1-14-12-36-24(31-14)25(13-27)15-10-34(11-16(15)25)19-9-29-22-17(32-19)3-4-20(33-22)37-18-5-7-28-23(21(18)26)35-8-2-6-30-35/h2-9,12,15-16H,10-11,13,27H2,1H3/t15-,16+,25?. The third-order valence-corrected chi connectivity index (χ3v) is 9.99. The van der Waals surface area contributed by atoms with E-state index in [1.807, 2.05) is 43.6 Å². The SMILES string of the molecule is Cc1csc(C2(CN)[C@@H]3CN(c4cnc5nc(Sc6ccnc(-n7cccn7)c6Cl)ccc5n4)C[C@@H]32)n1. The van der Waals surface area contributed by atoms with E-state index in [0.717, 1.165) is 40.0 Å². The van der Waals surface area contributed by atoms with Crippen molar-refractivity contribution in [2.45, 2.75) is 22.3 Å². The molecule has 1 aliphatic heterocycles. The summed E-state index contributed by atoms with van der Waals surface area (Å²) in [5.41, 5.74) is 8.73. The molecule has 5 aromatic heterocycles. The van der Waals surface area contributed by atoms with E-state index < -0.39 is 0 Å². The van der Waals surface area contributed by atoms with Crippen LogP contribution in [-0.4, -0.2) is 54.3 Å². The minimum Gasteiger partial charge on any atom is -0.355 e. The Labute approximate surface area is 226 Å². The van der Waals surface area contributed by atoms with Gasteiger partial charge in [0, 0.05) is 59.6 Å². The maximum Gasteiger partial charge on any atom is 0.179 e. The molecule has 0 amide bonds. The summed E-state index contributed by atoms with van der Waals surface area (Å²) in [6, 6.07) is 7.61. The normalized spacial score (nSPS) is 22.5. The zero-order valence-corrected chi connectivity index (χ0v) is 22.2. The van der Waals surface area contributed by atoms with Gasteiger partial charge in [-0.15, -0.1) is 11.3 Å². The predicted octanol–water partition coefficient (Wildman–Crippen LogP) is 4.14. The number of thiazole rings is 1. The maximum absolute atomic E-state index is 6.63. The molecule has 0 radical (unpaired) electrons. The van der Waals surface area contributed by atoms with Crippen molar-refractivity contribution in [1.82, 2.24) is 34.7 Å². The summed E-state index contributed by atoms with van der Waals surface area (Å²) in [6.45, 7) is 4.52. The number of nitrogens with two attached hydrogens (primary N) is 1. The van der Waals surface area contributed by atoms with Gasteiger partial charge in [0.15, 0.2) is 11.5 Å². The molecule has 2 aliphatic rings. The van der Waals surface area contributed by atoms with Crippen LogP contribution in [0, 0.1) is 18.8 Å². The number of pyridine rings is 2. The molecule has 9 nitrogen and oxygen atoms in total. The number of hydrogen-bond donors (Lipinski definition) is 1. The number of aryl methyl sites for hydroxylation is 1. The van der Waals surface area contributed by atoms with Gasteiger partial charge >= 0.3 is 0 Å².